The zero-order valence-corrected chi connectivity index (χ0v) is 15.1. The highest BCUT2D eigenvalue weighted by atomic mass is 16.5. The van der Waals surface area contributed by atoms with E-state index in [1.54, 1.807) is 0 Å². The zero-order valence-electron chi connectivity index (χ0n) is 15.1. The van der Waals surface area contributed by atoms with E-state index in [0.717, 1.165) is 17.5 Å². The molecule has 25 heavy (non-hydrogen) atoms. The van der Waals surface area contributed by atoms with E-state index in [2.05, 4.69) is 18.8 Å². The van der Waals surface area contributed by atoms with Crippen LogP contribution >= 0.6 is 0 Å². The first-order valence-corrected chi connectivity index (χ1v) is 8.67. The minimum absolute atomic E-state index is 0.177. The van der Waals surface area contributed by atoms with Gasteiger partial charge in [-0.1, -0.05) is 32.9 Å². The summed E-state index contributed by atoms with van der Waals surface area (Å²) < 4.78 is 7.37. The van der Waals surface area contributed by atoms with Crippen molar-refractivity contribution in [1.82, 2.24) is 14.5 Å². The number of anilines is 1. The smallest absolute Gasteiger partial charge is 0.344 e. The molecule has 0 aliphatic carbocycles. The highest BCUT2D eigenvalue weighted by Crippen LogP contribution is 2.29. The number of carbonyl (C=O) groups is 1. The number of hydrogen-bond acceptors (Lipinski definition) is 5. The molecule has 0 bridgehead atoms. The van der Waals surface area contributed by atoms with Gasteiger partial charge in [-0.2, -0.15) is 0 Å². The van der Waals surface area contributed by atoms with Crippen molar-refractivity contribution < 1.29 is 9.53 Å². The molecular weight excluding hydrogens is 316 g/mol. The van der Waals surface area contributed by atoms with E-state index >= 15 is 0 Å². The largest absolute Gasteiger partial charge is 0.459 e. The van der Waals surface area contributed by atoms with Crippen LogP contribution in [0.25, 0.3) is 22.2 Å². The Morgan fingerprint density at radius 3 is 2.44 bits per heavy atom. The fourth-order valence-corrected chi connectivity index (χ4v) is 2.79. The molecule has 0 unspecified atom stereocenters. The predicted molar refractivity (Wildman–Crippen MR) is 99.5 cm³/mol. The lowest BCUT2D eigenvalue weighted by atomic mass is 10.2. The minimum Gasteiger partial charge on any atom is -0.459 e. The highest BCUT2D eigenvalue weighted by molar-refractivity contribution is 6.08. The Morgan fingerprint density at radius 1 is 1.20 bits per heavy atom. The van der Waals surface area contributed by atoms with Crippen LogP contribution in [0.3, 0.4) is 0 Å². The Labute approximate surface area is 147 Å². The maximum Gasteiger partial charge on any atom is 0.344 e. The molecule has 6 nitrogen and oxygen atoms in total. The number of hydrogen-bond donors (Lipinski definition) is 1. The Balaban J connectivity index is 2.25. The number of ether oxygens (including phenoxy) is 1. The van der Waals surface area contributed by atoms with Gasteiger partial charge < -0.3 is 15.0 Å². The molecule has 0 amide bonds. The van der Waals surface area contributed by atoms with Crippen molar-refractivity contribution in [3.05, 3.63) is 29.8 Å². The molecule has 0 saturated heterocycles. The Hall–Kier alpha value is -2.63. The van der Waals surface area contributed by atoms with E-state index in [9.17, 15) is 4.79 Å². The van der Waals surface area contributed by atoms with E-state index in [-0.39, 0.29) is 6.10 Å². The van der Waals surface area contributed by atoms with Crippen molar-refractivity contribution in [2.75, 3.05) is 5.73 Å². The number of aromatic nitrogens is 3. The van der Waals surface area contributed by atoms with Crippen LogP contribution in [0.1, 0.15) is 44.5 Å². The number of nitrogens with zero attached hydrogens (tertiary/aromatic N) is 3. The summed E-state index contributed by atoms with van der Waals surface area (Å²) in [5, 5.41) is 0. The summed E-state index contributed by atoms with van der Waals surface area (Å²) in [5.74, 6) is 0.279. The van der Waals surface area contributed by atoms with Gasteiger partial charge in [-0.15, -0.1) is 0 Å². The number of carbonyl (C=O) groups excluding carboxylic acids is 1. The van der Waals surface area contributed by atoms with Crippen LogP contribution in [0, 0.1) is 5.92 Å². The van der Waals surface area contributed by atoms with Crippen LogP contribution < -0.4 is 5.73 Å². The zero-order chi connectivity index (χ0) is 18.1. The van der Waals surface area contributed by atoms with Crippen LogP contribution in [-0.4, -0.2) is 26.6 Å². The van der Waals surface area contributed by atoms with Gasteiger partial charge in [0.05, 0.1) is 17.1 Å². The molecule has 2 aromatic heterocycles. The van der Waals surface area contributed by atoms with Crippen molar-refractivity contribution in [2.45, 2.75) is 46.8 Å². The van der Waals surface area contributed by atoms with E-state index in [0.29, 0.717) is 35.0 Å². The summed E-state index contributed by atoms with van der Waals surface area (Å²) in [5.41, 5.74) is 9.28. The van der Waals surface area contributed by atoms with Gasteiger partial charge in [0.1, 0.15) is 16.9 Å². The molecule has 3 aromatic rings. The van der Waals surface area contributed by atoms with Crippen LogP contribution in [0.15, 0.2) is 24.3 Å². The lowest BCUT2D eigenvalue weighted by molar-refractivity contribution is 0.0337. The fourth-order valence-electron chi connectivity index (χ4n) is 2.79. The molecule has 0 fully saturated rings. The predicted octanol–water partition coefficient (Wildman–Crippen LogP) is 3.78. The Kier molecular flexibility index (Phi) is 4.61. The van der Waals surface area contributed by atoms with E-state index in [1.165, 1.54) is 0 Å². The van der Waals surface area contributed by atoms with Crippen LogP contribution in [-0.2, 0) is 11.3 Å². The van der Waals surface area contributed by atoms with Crippen molar-refractivity contribution in [3.8, 4) is 0 Å². The number of esters is 1. The summed E-state index contributed by atoms with van der Waals surface area (Å²) in [6, 6.07) is 7.60. The number of benzene rings is 1. The molecule has 6 heteroatoms. The molecular formula is C19H24N4O2. The van der Waals surface area contributed by atoms with Gasteiger partial charge in [0.2, 0.25) is 0 Å². The summed E-state index contributed by atoms with van der Waals surface area (Å²) >= 11 is 0. The molecule has 132 valence electrons. The van der Waals surface area contributed by atoms with E-state index in [1.807, 2.05) is 42.7 Å². The Bertz CT molecular complexity index is 930. The third-order valence-electron chi connectivity index (χ3n) is 4.23. The molecule has 1 aromatic carbocycles. The normalized spacial score (nSPS) is 12.8. The monoisotopic (exact) mass is 340 g/mol. The van der Waals surface area contributed by atoms with E-state index < -0.39 is 5.97 Å². The highest BCUT2D eigenvalue weighted by Gasteiger charge is 2.26. The first-order chi connectivity index (χ1) is 11.9. The van der Waals surface area contributed by atoms with Crippen molar-refractivity contribution in [1.29, 1.82) is 0 Å². The third kappa shape index (κ3) is 3.16. The summed E-state index contributed by atoms with van der Waals surface area (Å²) in [6.07, 6.45) is 0.564. The first-order valence-electron chi connectivity index (χ1n) is 8.67. The topological polar surface area (TPSA) is 83.0 Å². The molecule has 0 radical (unpaired) electrons. The van der Waals surface area contributed by atoms with Gasteiger partial charge in [-0.25, -0.2) is 14.8 Å². The number of para-hydroxylation sites is 2. The van der Waals surface area contributed by atoms with Crippen molar-refractivity contribution in [3.63, 3.8) is 0 Å². The number of rotatable bonds is 5. The second kappa shape index (κ2) is 6.70. The Morgan fingerprint density at radius 2 is 1.84 bits per heavy atom. The fraction of sp³-hybridized carbons (Fsp3) is 0.421. The molecule has 3 rings (SSSR count). The van der Waals surface area contributed by atoms with Crippen LogP contribution in [0.5, 0.6) is 0 Å². The SMILES string of the molecule is CC[C@@H](C)OC(=O)c1c(N)n(CC(C)C)c2nc3ccccc3nc12. The van der Waals surface area contributed by atoms with Crippen molar-refractivity contribution in [2.24, 2.45) is 5.92 Å². The molecule has 2 N–H and O–H groups in total. The number of fused-ring (bicyclic) bond motifs is 2. The lowest BCUT2D eigenvalue weighted by Crippen LogP contribution is -2.16. The summed E-state index contributed by atoms with van der Waals surface area (Å²) in [6.45, 7) is 8.68. The third-order valence-corrected chi connectivity index (χ3v) is 4.23. The lowest BCUT2D eigenvalue weighted by Gasteiger charge is -2.12. The van der Waals surface area contributed by atoms with Gasteiger partial charge in [0.25, 0.3) is 0 Å². The summed E-state index contributed by atoms with van der Waals surface area (Å²) in [7, 11) is 0. The molecule has 1 atom stereocenters. The molecule has 2 heterocycles. The average molecular weight is 340 g/mol. The molecule has 0 aliphatic rings. The molecule has 0 spiro atoms. The average Bonchev–Trinajstić information content (AvgIpc) is 2.83. The van der Waals surface area contributed by atoms with Crippen LogP contribution in [0.2, 0.25) is 0 Å². The first kappa shape index (κ1) is 17.2. The minimum atomic E-state index is -0.441. The van der Waals surface area contributed by atoms with E-state index in [4.69, 9.17) is 15.5 Å². The number of nitrogens with two attached hydrogens (primary N) is 1. The second-order valence-electron chi connectivity index (χ2n) is 6.77. The maximum atomic E-state index is 12.7. The van der Waals surface area contributed by atoms with Crippen molar-refractivity contribution >= 4 is 34.0 Å². The quantitative estimate of drug-likeness (QED) is 0.715. The summed E-state index contributed by atoms with van der Waals surface area (Å²) in [4.78, 5) is 22.1. The van der Waals surface area contributed by atoms with Gasteiger partial charge in [0, 0.05) is 6.54 Å². The van der Waals surface area contributed by atoms with Gasteiger partial charge in [-0.3, -0.25) is 0 Å². The standard InChI is InChI=1S/C19H24N4O2/c1-5-12(4)25-19(24)15-16-18(23(17(15)20)10-11(2)3)22-14-9-7-6-8-13(14)21-16/h6-9,11-12H,5,10,20H2,1-4H3/t12-/m1/s1. The second-order valence-corrected chi connectivity index (χ2v) is 6.77. The van der Waals surface area contributed by atoms with Crippen LogP contribution in [0.4, 0.5) is 5.82 Å². The van der Waals surface area contributed by atoms with Gasteiger partial charge in [-0.05, 0) is 31.4 Å². The molecule has 0 saturated carbocycles. The van der Waals surface area contributed by atoms with Gasteiger partial charge in [0.15, 0.2) is 5.65 Å². The number of nitrogen functional groups attached to an aromatic ring is 1. The molecule has 0 aliphatic heterocycles. The van der Waals surface area contributed by atoms with Gasteiger partial charge >= 0.3 is 5.97 Å². The maximum absolute atomic E-state index is 12.7.